The molecule has 4 heteroatoms. The third-order valence-corrected chi connectivity index (χ3v) is 4.78. The number of hydrogen-bond acceptors (Lipinski definition) is 3. The SMILES string of the molecule is O=C(NC1CCCC2OCCC12)C1CCCNC1. The predicted molar refractivity (Wildman–Crippen MR) is 69.2 cm³/mol. The van der Waals surface area contributed by atoms with Gasteiger partial charge in [0.2, 0.25) is 5.91 Å². The first kappa shape index (κ1) is 12.4. The van der Waals surface area contributed by atoms with Gasteiger partial charge < -0.3 is 15.4 Å². The third kappa shape index (κ3) is 2.54. The van der Waals surface area contributed by atoms with E-state index in [-0.39, 0.29) is 11.8 Å². The Hall–Kier alpha value is -0.610. The molecule has 3 aliphatic rings. The van der Waals surface area contributed by atoms with Gasteiger partial charge in [0, 0.05) is 25.1 Å². The number of piperidine rings is 1. The average Bonchev–Trinajstić information content (AvgIpc) is 2.89. The summed E-state index contributed by atoms with van der Waals surface area (Å²) in [6, 6.07) is 0.362. The number of amides is 1. The van der Waals surface area contributed by atoms with E-state index in [1.807, 2.05) is 0 Å². The molecule has 0 aromatic heterocycles. The van der Waals surface area contributed by atoms with Crippen molar-refractivity contribution in [3.05, 3.63) is 0 Å². The van der Waals surface area contributed by atoms with Gasteiger partial charge in [-0.1, -0.05) is 0 Å². The molecule has 4 nitrogen and oxygen atoms in total. The molecule has 3 rings (SSSR count). The maximum absolute atomic E-state index is 12.3. The van der Waals surface area contributed by atoms with Crippen molar-refractivity contribution in [2.45, 2.75) is 50.7 Å². The first-order valence-electron chi connectivity index (χ1n) is 7.47. The minimum absolute atomic E-state index is 0.182. The summed E-state index contributed by atoms with van der Waals surface area (Å²) >= 11 is 0. The van der Waals surface area contributed by atoms with Crippen LogP contribution in [0.3, 0.4) is 0 Å². The predicted octanol–water partition coefficient (Wildman–Crippen LogP) is 1.06. The smallest absolute Gasteiger partial charge is 0.224 e. The van der Waals surface area contributed by atoms with E-state index in [9.17, 15) is 4.79 Å². The van der Waals surface area contributed by atoms with Crippen LogP contribution >= 0.6 is 0 Å². The molecule has 1 aliphatic carbocycles. The van der Waals surface area contributed by atoms with E-state index in [1.54, 1.807) is 0 Å². The lowest BCUT2D eigenvalue weighted by molar-refractivity contribution is -0.127. The largest absolute Gasteiger partial charge is 0.378 e. The van der Waals surface area contributed by atoms with Crippen LogP contribution in [0.2, 0.25) is 0 Å². The van der Waals surface area contributed by atoms with Gasteiger partial charge in [-0.15, -0.1) is 0 Å². The molecule has 0 bridgehead atoms. The lowest BCUT2D eigenvalue weighted by Gasteiger charge is -2.34. The molecule has 1 amide bonds. The van der Waals surface area contributed by atoms with E-state index in [0.29, 0.717) is 18.1 Å². The molecule has 0 radical (unpaired) electrons. The average molecular weight is 252 g/mol. The highest BCUT2D eigenvalue weighted by molar-refractivity contribution is 5.79. The number of hydrogen-bond donors (Lipinski definition) is 2. The summed E-state index contributed by atoms with van der Waals surface area (Å²) < 4.78 is 5.75. The number of carbonyl (C=O) groups excluding carboxylic acids is 1. The molecule has 2 saturated heterocycles. The molecule has 0 aromatic carbocycles. The van der Waals surface area contributed by atoms with Gasteiger partial charge in [-0.05, 0) is 45.1 Å². The van der Waals surface area contributed by atoms with Gasteiger partial charge >= 0.3 is 0 Å². The van der Waals surface area contributed by atoms with Crippen molar-refractivity contribution >= 4 is 5.91 Å². The van der Waals surface area contributed by atoms with E-state index in [4.69, 9.17) is 4.74 Å². The van der Waals surface area contributed by atoms with Gasteiger partial charge in [0.1, 0.15) is 0 Å². The van der Waals surface area contributed by atoms with Gasteiger partial charge in [0.25, 0.3) is 0 Å². The van der Waals surface area contributed by atoms with Gasteiger partial charge in [-0.25, -0.2) is 0 Å². The summed E-state index contributed by atoms with van der Waals surface area (Å²) in [5.41, 5.74) is 0. The van der Waals surface area contributed by atoms with Gasteiger partial charge in [0.05, 0.1) is 12.0 Å². The first-order chi connectivity index (χ1) is 8.84. The zero-order valence-electron chi connectivity index (χ0n) is 11.0. The third-order valence-electron chi connectivity index (χ3n) is 4.78. The van der Waals surface area contributed by atoms with Gasteiger partial charge in [-0.2, -0.15) is 0 Å². The summed E-state index contributed by atoms with van der Waals surface area (Å²) in [7, 11) is 0. The Morgan fingerprint density at radius 2 is 2.11 bits per heavy atom. The Bertz CT molecular complexity index is 302. The lowest BCUT2D eigenvalue weighted by Crippen LogP contribution is -2.49. The van der Waals surface area contributed by atoms with Crippen LogP contribution in [0, 0.1) is 11.8 Å². The second-order valence-corrected chi connectivity index (χ2v) is 5.95. The fourth-order valence-corrected chi connectivity index (χ4v) is 3.73. The summed E-state index contributed by atoms with van der Waals surface area (Å²) in [6.07, 6.45) is 7.20. The number of carbonyl (C=O) groups is 1. The molecule has 4 atom stereocenters. The van der Waals surface area contributed by atoms with Crippen LogP contribution in [0.15, 0.2) is 0 Å². The highest BCUT2D eigenvalue weighted by Crippen LogP contribution is 2.34. The molecule has 0 spiro atoms. The zero-order valence-corrected chi connectivity index (χ0v) is 11.0. The highest BCUT2D eigenvalue weighted by atomic mass is 16.5. The maximum Gasteiger partial charge on any atom is 0.224 e. The number of nitrogens with one attached hydrogen (secondary N) is 2. The van der Waals surface area contributed by atoms with E-state index >= 15 is 0 Å². The molecule has 2 N–H and O–H groups in total. The Morgan fingerprint density at radius 1 is 1.17 bits per heavy atom. The van der Waals surface area contributed by atoms with Crippen molar-refractivity contribution < 1.29 is 9.53 Å². The van der Waals surface area contributed by atoms with E-state index in [0.717, 1.165) is 45.4 Å². The monoisotopic (exact) mass is 252 g/mol. The van der Waals surface area contributed by atoms with Gasteiger partial charge in [0.15, 0.2) is 0 Å². The second-order valence-electron chi connectivity index (χ2n) is 5.95. The Balaban J connectivity index is 1.56. The standard InChI is InChI=1S/C14H24N2O2/c17-14(10-3-2-7-15-9-10)16-12-4-1-5-13-11(12)6-8-18-13/h10-13,15H,1-9H2,(H,16,17). The van der Waals surface area contributed by atoms with E-state index < -0.39 is 0 Å². The van der Waals surface area contributed by atoms with E-state index in [1.165, 1.54) is 12.8 Å². The van der Waals surface area contributed by atoms with Crippen LogP contribution in [0.4, 0.5) is 0 Å². The van der Waals surface area contributed by atoms with Gasteiger partial charge in [-0.3, -0.25) is 4.79 Å². The van der Waals surface area contributed by atoms with Crippen molar-refractivity contribution in [3.8, 4) is 0 Å². The molecule has 18 heavy (non-hydrogen) atoms. The normalized spacial score (nSPS) is 40.2. The summed E-state index contributed by atoms with van der Waals surface area (Å²) in [4.78, 5) is 12.3. The van der Waals surface area contributed by atoms with Crippen LogP contribution < -0.4 is 10.6 Å². The molecule has 1 saturated carbocycles. The highest BCUT2D eigenvalue weighted by Gasteiger charge is 2.38. The minimum Gasteiger partial charge on any atom is -0.378 e. The number of fused-ring (bicyclic) bond motifs is 1. The lowest BCUT2D eigenvalue weighted by atomic mass is 9.81. The van der Waals surface area contributed by atoms with Crippen LogP contribution in [0.25, 0.3) is 0 Å². The van der Waals surface area contributed by atoms with Crippen LogP contribution in [-0.4, -0.2) is 37.7 Å². The Labute approximate surface area is 109 Å². The first-order valence-corrected chi connectivity index (χ1v) is 7.47. The molecule has 2 heterocycles. The molecule has 2 aliphatic heterocycles. The summed E-state index contributed by atoms with van der Waals surface area (Å²) in [6.45, 7) is 2.79. The van der Waals surface area contributed by atoms with Crippen molar-refractivity contribution in [2.75, 3.05) is 19.7 Å². The van der Waals surface area contributed by atoms with Crippen molar-refractivity contribution in [1.29, 1.82) is 0 Å². The number of ether oxygens (including phenoxy) is 1. The molecular weight excluding hydrogens is 228 g/mol. The zero-order chi connectivity index (χ0) is 12.4. The molecule has 102 valence electrons. The van der Waals surface area contributed by atoms with E-state index in [2.05, 4.69) is 10.6 Å². The maximum atomic E-state index is 12.3. The second kappa shape index (κ2) is 5.57. The fourth-order valence-electron chi connectivity index (χ4n) is 3.73. The fraction of sp³-hybridized carbons (Fsp3) is 0.929. The minimum atomic E-state index is 0.182. The van der Waals surface area contributed by atoms with Crippen molar-refractivity contribution in [2.24, 2.45) is 11.8 Å². The molecule has 3 fully saturated rings. The molecular formula is C14H24N2O2. The Kier molecular flexibility index (Phi) is 3.85. The topological polar surface area (TPSA) is 50.4 Å². The van der Waals surface area contributed by atoms with Crippen LogP contribution in [-0.2, 0) is 9.53 Å². The molecule has 0 aromatic rings. The molecule has 4 unspecified atom stereocenters. The summed E-state index contributed by atoms with van der Waals surface area (Å²) in [5.74, 6) is 1.01. The van der Waals surface area contributed by atoms with Crippen molar-refractivity contribution in [3.63, 3.8) is 0 Å². The number of rotatable bonds is 2. The van der Waals surface area contributed by atoms with Crippen LogP contribution in [0.1, 0.15) is 38.5 Å². The Morgan fingerprint density at radius 3 is 2.94 bits per heavy atom. The summed E-state index contributed by atoms with van der Waals surface area (Å²) in [5, 5.41) is 6.61. The quantitative estimate of drug-likeness (QED) is 0.772. The van der Waals surface area contributed by atoms with Crippen molar-refractivity contribution in [1.82, 2.24) is 10.6 Å². The van der Waals surface area contributed by atoms with Crippen LogP contribution in [0.5, 0.6) is 0 Å².